The van der Waals surface area contributed by atoms with E-state index in [9.17, 15) is 0 Å². The summed E-state index contributed by atoms with van der Waals surface area (Å²) in [4.78, 5) is 2.62. The van der Waals surface area contributed by atoms with E-state index in [0.717, 1.165) is 26.2 Å². The maximum absolute atomic E-state index is 4.38. The second-order valence-electron chi connectivity index (χ2n) is 5.97. The van der Waals surface area contributed by atoms with Crippen LogP contribution in [0.2, 0.25) is 0 Å². The third-order valence-electron chi connectivity index (χ3n) is 4.48. The molecule has 0 spiro atoms. The standard InChI is InChI=1S/C15H28N4/c1-5-14-9-16-15(4,6-2)12-18(14)10-13-8-17-19(7-3)11-13/h8,11,14,16H,5-7,9-10,12H2,1-4H3. The molecule has 1 aromatic heterocycles. The number of aromatic nitrogens is 2. The summed E-state index contributed by atoms with van der Waals surface area (Å²) in [6.45, 7) is 13.2. The highest BCUT2D eigenvalue weighted by Gasteiger charge is 2.33. The summed E-state index contributed by atoms with van der Waals surface area (Å²) in [5, 5.41) is 8.10. The van der Waals surface area contributed by atoms with Gasteiger partial charge in [-0.05, 0) is 26.7 Å². The van der Waals surface area contributed by atoms with Crippen molar-refractivity contribution in [3.05, 3.63) is 18.0 Å². The van der Waals surface area contributed by atoms with Crippen molar-refractivity contribution in [1.29, 1.82) is 0 Å². The quantitative estimate of drug-likeness (QED) is 0.885. The average Bonchev–Trinajstić information content (AvgIpc) is 2.87. The smallest absolute Gasteiger partial charge is 0.0534 e. The van der Waals surface area contributed by atoms with Gasteiger partial charge >= 0.3 is 0 Å². The van der Waals surface area contributed by atoms with E-state index >= 15 is 0 Å². The lowest BCUT2D eigenvalue weighted by Crippen LogP contribution is -2.62. The predicted molar refractivity (Wildman–Crippen MR) is 79.1 cm³/mol. The first-order valence-electron chi connectivity index (χ1n) is 7.60. The lowest BCUT2D eigenvalue weighted by atomic mass is 9.92. The number of piperazine rings is 1. The molecule has 4 heteroatoms. The van der Waals surface area contributed by atoms with Gasteiger partial charge in [-0.25, -0.2) is 0 Å². The Hall–Kier alpha value is -0.870. The molecule has 0 bridgehead atoms. The van der Waals surface area contributed by atoms with Crippen molar-refractivity contribution in [3.63, 3.8) is 0 Å². The fraction of sp³-hybridized carbons (Fsp3) is 0.800. The molecule has 108 valence electrons. The summed E-state index contributed by atoms with van der Waals surface area (Å²) in [5.74, 6) is 0. The molecule has 0 radical (unpaired) electrons. The number of nitrogens with one attached hydrogen (secondary N) is 1. The Kier molecular flexibility index (Phi) is 4.63. The van der Waals surface area contributed by atoms with E-state index in [1.165, 1.54) is 18.4 Å². The van der Waals surface area contributed by atoms with E-state index in [1.54, 1.807) is 0 Å². The number of nitrogens with zero attached hydrogens (tertiary/aromatic N) is 3. The molecule has 4 nitrogen and oxygen atoms in total. The lowest BCUT2D eigenvalue weighted by Gasteiger charge is -2.45. The van der Waals surface area contributed by atoms with E-state index in [-0.39, 0.29) is 5.54 Å². The molecule has 1 saturated heterocycles. The molecule has 2 rings (SSSR count). The number of hydrogen-bond acceptors (Lipinski definition) is 3. The fourth-order valence-corrected chi connectivity index (χ4v) is 2.85. The van der Waals surface area contributed by atoms with Crippen molar-refractivity contribution in [2.24, 2.45) is 0 Å². The second kappa shape index (κ2) is 6.06. The van der Waals surface area contributed by atoms with E-state index in [4.69, 9.17) is 0 Å². The highest BCUT2D eigenvalue weighted by atomic mass is 15.3. The van der Waals surface area contributed by atoms with Crippen LogP contribution in [0.4, 0.5) is 0 Å². The van der Waals surface area contributed by atoms with Crippen molar-refractivity contribution < 1.29 is 0 Å². The highest BCUT2D eigenvalue weighted by molar-refractivity contribution is 5.06. The molecule has 2 atom stereocenters. The van der Waals surface area contributed by atoms with Crippen molar-refractivity contribution in [2.75, 3.05) is 13.1 Å². The topological polar surface area (TPSA) is 33.1 Å². The van der Waals surface area contributed by atoms with Crippen LogP contribution in [0.25, 0.3) is 0 Å². The van der Waals surface area contributed by atoms with Gasteiger partial charge < -0.3 is 5.32 Å². The minimum Gasteiger partial charge on any atom is -0.309 e. The third kappa shape index (κ3) is 3.37. The molecule has 19 heavy (non-hydrogen) atoms. The minimum absolute atomic E-state index is 0.256. The summed E-state index contributed by atoms with van der Waals surface area (Å²) in [5.41, 5.74) is 1.59. The van der Waals surface area contributed by atoms with Crippen LogP contribution in [-0.2, 0) is 13.1 Å². The van der Waals surface area contributed by atoms with Gasteiger partial charge in [0.05, 0.1) is 6.20 Å². The molecule has 2 unspecified atom stereocenters. The molecule has 0 aromatic carbocycles. The van der Waals surface area contributed by atoms with Crippen LogP contribution in [0.15, 0.2) is 12.4 Å². The molecule has 1 aliphatic rings. The SMILES string of the molecule is CCC1CNC(C)(CC)CN1Cc1cnn(CC)c1. The van der Waals surface area contributed by atoms with Gasteiger partial charge in [0.1, 0.15) is 0 Å². The monoisotopic (exact) mass is 264 g/mol. The molecular weight excluding hydrogens is 236 g/mol. The fourth-order valence-electron chi connectivity index (χ4n) is 2.85. The largest absolute Gasteiger partial charge is 0.309 e. The molecule has 1 aliphatic heterocycles. The zero-order valence-corrected chi connectivity index (χ0v) is 12.8. The van der Waals surface area contributed by atoms with Crippen LogP contribution in [-0.4, -0.2) is 39.4 Å². The highest BCUT2D eigenvalue weighted by Crippen LogP contribution is 2.22. The first-order valence-corrected chi connectivity index (χ1v) is 7.60. The van der Waals surface area contributed by atoms with Crippen molar-refractivity contribution in [3.8, 4) is 0 Å². The maximum atomic E-state index is 4.38. The Morgan fingerprint density at radius 3 is 2.79 bits per heavy atom. The average molecular weight is 264 g/mol. The molecule has 1 fully saturated rings. The van der Waals surface area contributed by atoms with E-state index in [1.807, 2.05) is 10.9 Å². The summed E-state index contributed by atoms with van der Waals surface area (Å²) in [6, 6.07) is 0.643. The molecule has 0 aliphatic carbocycles. The Labute approximate surface area is 117 Å². The van der Waals surface area contributed by atoms with Crippen LogP contribution in [0.1, 0.15) is 46.1 Å². The zero-order valence-electron chi connectivity index (χ0n) is 12.8. The van der Waals surface area contributed by atoms with Gasteiger partial charge in [-0.3, -0.25) is 9.58 Å². The molecule has 1 N–H and O–H groups in total. The Morgan fingerprint density at radius 1 is 1.42 bits per heavy atom. The first kappa shape index (κ1) is 14.5. The summed E-state index contributed by atoms with van der Waals surface area (Å²) in [7, 11) is 0. The molecule has 0 saturated carbocycles. The number of aryl methyl sites for hydroxylation is 1. The normalized spacial score (nSPS) is 28.7. The second-order valence-corrected chi connectivity index (χ2v) is 5.97. The Balaban J connectivity index is 2.05. The molecule has 1 aromatic rings. The van der Waals surface area contributed by atoms with Crippen LogP contribution in [0.5, 0.6) is 0 Å². The molecular formula is C15H28N4. The lowest BCUT2D eigenvalue weighted by molar-refractivity contribution is 0.0755. The van der Waals surface area contributed by atoms with E-state index < -0.39 is 0 Å². The summed E-state index contributed by atoms with van der Waals surface area (Å²) in [6.07, 6.45) is 6.57. The van der Waals surface area contributed by atoms with Crippen molar-refractivity contribution in [1.82, 2.24) is 20.0 Å². The molecule has 2 heterocycles. The Morgan fingerprint density at radius 2 is 2.21 bits per heavy atom. The van der Waals surface area contributed by atoms with Gasteiger partial charge in [0.15, 0.2) is 0 Å². The Bertz CT molecular complexity index is 401. The molecule has 0 amide bonds. The van der Waals surface area contributed by atoms with Crippen molar-refractivity contribution in [2.45, 2.75) is 65.2 Å². The third-order valence-corrected chi connectivity index (χ3v) is 4.48. The predicted octanol–water partition coefficient (Wildman–Crippen LogP) is 2.26. The van der Waals surface area contributed by atoms with Crippen LogP contribution in [0.3, 0.4) is 0 Å². The first-order chi connectivity index (χ1) is 9.10. The van der Waals surface area contributed by atoms with Crippen LogP contribution in [0, 0.1) is 0 Å². The van der Waals surface area contributed by atoms with Gasteiger partial charge in [-0.2, -0.15) is 5.10 Å². The van der Waals surface area contributed by atoms with Gasteiger partial charge in [-0.15, -0.1) is 0 Å². The van der Waals surface area contributed by atoms with Gasteiger partial charge in [0.2, 0.25) is 0 Å². The van der Waals surface area contributed by atoms with Crippen LogP contribution >= 0.6 is 0 Å². The van der Waals surface area contributed by atoms with E-state index in [2.05, 4.69) is 49.2 Å². The summed E-state index contributed by atoms with van der Waals surface area (Å²) >= 11 is 0. The van der Waals surface area contributed by atoms with Gasteiger partial charge in [-0.1, -0.05) is 13.8 Å². The van der Waals surface area contributed by atoms with Crippen LogP contribution < -0.4 is 5.32 Å². The zero-order chi connectivity index (χ0) is 13.9. The van der Waals surface area contributed by atoms with Crippen molar-refractivity contribution >= 4 is 0 Å². The number of rotatable bonds is 5. The number of hydrogen-bond donors (Lipinski definition) is 1. The van der Waals surface area contributed by atoms with Gasteiger partial charge in [0, 0.05) is 49.5 Å². The minimum atomic E-state index is 0.256. The van der Waals surface area contributed by atoms with E-state index in [0.29, 0.717) is 6.04 Å². The summed E-state index contributed by atoms with van der Waals surface area (Å²) < 4.78 is 2.01. The van der Waals surface area contributed by atoms with Gasteiger partial charge in [0.25, 0.3) is 0 Å². The maximum Gasteiger partial charge on any atom is 0.0534 e.